The van der Waals surface area contributed by atoms with E-state index in [1.165, 1.54) is 6.07 Å². The number of aromatic amines is 1. The minimum Gasteiger partial charge on any atom is -0.477 e. The van der Waals surface area contributed by atoms with Gasteiger partial charge < -0.3 is 19.9 Å². The van der Waals surface area contributed by atoms with Gasteiger partial charge in [-0.3, -0.25) is 9.89 Å². The number of hydrogen-bond donors (Lipinski definition) is 3. The molecule has 9 heteroatoms. The molecule has 23 heavy (non-hydrogen) atoms. The fourth-order valence-corrected chi connectivity index (χ4v) is 3.12. The summed E-state index contributed by atoms with van der Waals surface area (Å²) in [6.45, 7) is 0.132. The summed E-state index contributed by atoms with van der Waals surface area (Å²) in [5, 5.41) is 18.4. The van der Waals surface area contributed by atoms with Crippen LogP contribution >= 0.6 is 11.3 Å². The number of aromatic nitrogens is 2. The van der Waals surface area contributed by atoms with Gasteiger partial charge in [-0.25, -0.2) is 4.79 Å². The molecule has 0 bridgehead atoms. The van der Waals surface area contributed by atoms with Crippen LogP contribution in [0.3, 0.4) is 0 Å². The van der Waals surface area contributed by atoms with Crippen molar-refractivity contribution in [1.82, 2.24) is 10.2 Å². The number of ether oxygens (including phenoxy) is 2. The number of carboxylic acids is 1. The molecule has 8 nitrogen and oxygen atoms in total. The van der Waals surface area contributed by atoms with E-state index < -0.39 is 5.97 Å². The van der Waals surface area contributed by atoms with E-state index in [2.05, 4.69) is 15.5 Å². The Labute approximate surface area is 132 Å². The van der Waals surface area contributed by atoms with E-state index in [1.54, 1.807) is 18.2 Å². The summed E-state index contributed by atoms with van der Waals surface area (Å²) >= 11 is 1.04. The monoisotopic (exact) mass is 331 g/mol. The Morgan fingerprint density at radius 1 is 1.26 bits per heavy atom. The number of nitrogens with zero attached hydrogens (tertiary/aromatic N) is 1. The van der Waals surface area contributed by atoms with Crippen molar-refractivity contribution in [3.63, 3.8) is 0 Å². The highest BCUT2D eigenvalue weighted by Gasteiger charge is 2.19. The normalized spacial score (nSPS) is 12.5. The molecule has 3 N–H and O–H groups in total. The third-order valence-electron chi connectivity index (χ3n) is 3.31. The van der Waals surface area contributed by atoms with Crippen molar-refractivity contribution in [3.05, 3.63) is 34.7 Å². The third-order valence-corrected chi connectivity index (χ3v) is 4.44. The highest BCUT2D eigenvalue weighted by atomic mass is 32.1. The fraction of sp³-hybridized carbons (Fsp3) is 0.0714. The van der Waals surface area contributed by atoms with E-state index in [1.807, 2.05) is 0 Å². The lowest BCUT2D eigenvalue weighted by molar-refractivity contribution is 0.0702. The number of rotatable bonds is 3. The minimum absolute atomic E-state index is 0.132. The maximum Gasteiger partial charge on any atom is 0.345 e. The lowest BCUT2D eigenvalue weighted by Gasteiger charge is -2.03. The van der Waals surface area contributed by atoms with Gasteiger partial charge in [-0.15, -0.1) is 11.3 Å². The van der Waals surface area contributed by atoms with Crippen LogP contribution in [0.5, 0.6) is 11.5 Å². The molecular formula is C14H9N3O5S. The quantitative estimate of drug-likeness (QED) is 0.678. The molecule has 0 atom stereocenters. The summed E-state index contributed by atoms with van der Waals surface area (Å²) in [5.41, 5.74) is 0.953. The van der Waals surface area contributed by atoms with Gasteiger partial charge in [0.1, 0.15) is 4.88 Å². The Hall–Kier alpha value is -3.07. The number of H-pyrrole nitrogens is 1. The van der Waals surface area contributed by atoms with E-state index in [0.717, 1.165) is 11.3 Å². The Bertz CT molecular complexity index is 945. The van der Waals surface area contributed by atoms with Crippen LogP contribution in [0, 0.1) is 0 Å². The average molecular weight is 331 g/mol. The zero-order valence-electron chi connectivity index (χ0n) is 11.5. The van der Waals surface area contributed by atoms with Crippen LogP contribution in [-0.4, -0.2) is 34.0 Å². The number of anilines is 1. The molecule has 0 aliphatic carbocycles. The summed E-state index contributed by atoms with van der Waals surface area (Å²) in [7, 11) is 0. The van der Waals surface area contributed by atoms with Gasteiger partial charge in [-0.1, -0.05) is 0 Å². The molecule has 1 aliphatic heterocycles. The van der Waals surface area contributed by atoms with Gasteiger partial charge in [0.05, 0.1) is 10.2 Å². The molecule has 3 heterocycles. The van der Waals surface area contributed by atoms with Gasteiger partial charge in [0, 0.05) is 5.56 Å². The predicted octanol–water partition coefficient (Wildman–Crippen LogP) is 2.30. The van der Waals surface area contributed by atoms with Gasteiger partial charge >= 0.3 is 5.97 Å². The molecule has 0 saturated carbocycles. The first-order valence-corrected chi connectivity index (χ1v) is 7.35. The van der Waals surface area contributed by atoms with E-state index >= 15 is 0 Å². The topological polar surface area (TPSA) is 114 Å². The number of carbonyl (C=O) groups is 2. The van der Waals surface area contributed by atoms with Crippen molar-refractivity contribution in [3.8, 4) is 11.5 Å². The second-order valence-electron chi connectivity index (χ2n) is 4.75. The number of carboxylic acid groups (broad SMARTS) is 1. The van der Waals surface area contributed by atoms with Crippen molar-refractivity contribution in [2.75, 3.05) is 12.1 Å². The first kappa shape index (κ1) is 13.6. The molecule has 1 aliphatic rings. The lowest BCUT2D eigenvalue weighted by Crippen LogP contribution is -2.12. The zero-order chi connectivity index (χ0) is 16.0. The maximum atomic E-state index is 12.3. The summed E-state index contributed by atoms with van der Waals surface area (Å²) < 4.78 is 11.0. The smallest absolute Gasteiger partial charge is 0.345 e. The molecule has 1 amide bonds. The van der Waals surface area contributed by atoms with Gasteiger partial charge in [0.2, 0.25) is 6.79 Å². The molecule has 0 spiro atoms. The zero-order valence-corrected chi connectivity index (χ0v) is 12.3. The molecule has 3 aromatic rings. The van der Waals surface area contributed by atoms with Crippen molar-refractivity contribution >= 4 is 39.2 Å². The Morgan fingerprint density at radius 2 is 2.09 bits per heavy atom. The first-order chi connectivity index (χ1) is 11.1. The number of benzene rings is 1. The summed E-state index contributed by atoms with van der Waals surface area (Å²) in [6, 6.07) is 6.33. The standard InChI is InChI=1S/C14H9N3O5S/c18-13(6-1-2-8-9(3-6)22-5-21-8)15-12-11-7(16-17-12)4-10(23-11)14(19)20/h1-4H,5H2,(H,19,20)(H2,15,16,17,18). The molecule has 0 saturated heterocycles. The largest absolute Gasteiger partial charge is 0.477 e. The van der Waals surface area contributed by atoms with Crippen LogP contribution in [-0.2, 0) is 0 Å². The highest BCUT2D eigenvalue weighted by molar-refractivity contribution is 7.21. The van der Waals surface area contributed by atoms with Crippen LogP contribution in [0.2, 0.25) is 0 Å². The van der Waals surface area contributed by atoms with Crippen molar-refractivity contribution in [2.24, 2.45) is 0 Å². The van der Waals surface area contributed by atoms with Gasteiger partial charge in [-0.2, -0.15) is 5.10 Å². The molecule has 116 valence electrons. The molecule has 4 rings (SSSR count). The number of aromatic carboxylic acids is 1. The average Bonchev–Trinajstić information content (AvgIpc) is 3.22. The van der Waals surface area contributed by atoms with Crippen molar-refractivity contribution in [2.45, 2.75) is 0 Å². The van der Waals surface area contributed by atoms with Crippen LogP contribution in [0.15, 0.2) is 24.3 Å². The molecule has 1 aromatic carbocycles. The number of thiophene rings is 1. The summed E-state index contributed by atoms with van der Waals surface area (Å²) in [6.07, 6.45) is 0. The minimum atomic E-state index is -1.02. The SMILES string of the molecule is O=C(Nc1n[nH]c2cc(C(=O)O)sc12)c1ccc2c(c1)OCO2. The van der Waals surface area contributed by atoms with Gasteiger partial charge in [0.25, 0.3) is 5.91 Å². The molecule has 0 unspecified atom stereocenters. The maximum absolute atomic E-state index is 12.3. The second-order valence-corrected chi connectivity index (χ2v) is 5.81. The van der Waals surface area contributed by atoms with Crippen molar-refractivity contribution in [1.29, 1.82) is 0 Å². The number of amides is 1. The Balaban J connectivity index is 1.62. The molecule has 0 fully saturated rings. The number of carbonyl (C=O) groups excluding carboxylic acids is 1. The molecule has 0 radical (unpaired) electrons. The number of hydrogen-bond acceptors (Lipinski definition) is 6. The first-order valence-electron chi connectivity index (χ1n) is 6.54. The molecular weight excluding hydrogens is 322 g/mol. The van der Waals surface area contributed by atoms with E-state index in [0.29, 0.717) is 33.1 Å². The van der Waals surface area contributed by atoms with E-state index in [9.17, 15) is 9.59 Å². The second kappa shape index (κ2) is 4.99. The highest BCUT2D eigenvalue weighted by Crippen LogP contribution is 2.33. The van der Waals surface area contributed by atoms with E-state index in [-0.39, 0.29) is 17.6 Å². The Kier molecular flexibility index (Phi) is 2.95. The third kappa shape index (κ3) is 2.27. The predicted molar refractivity (Wildman–Crippen MR) is 81.4 cm³/mol. The molecule has 2 aromatic heterocycles. The number of fused-ring (bicyclic) bond motifs is 2. The van der Waals surface area contributed by atoms with Crippen LogP contribution in [0.4, 0.5) is 5.82 Å². The van der Waals surface area contributed by atoms with Crippen molar-refractivity contribution < 1.29 is 24.2 Å². The summed E-state index contributed by atoms with van der Waals surface area (Å²) in [4.78, 5) is 23.5. The number of nitrogens with one attached hydrogen (secondary N) is 2. The summed E-state index contributed by atoms with van der Waals surface area (Å²) in [5.74, 6) is -0.00281. The van der Waals surface area contributed by atoms with Gasteiger partial charge in [-0.05, 0) is 24.3 Å². The van der Waals surface area contributed by atoms with Crippen LogP contribution < -0.4 is 14.8 Å². The van der Waals surface area contributed by atoms with Gasteiger partial charge in [0.15, 0.2) is 17.3 Å². The lowest BCUT2D eigenvalue weighted by atomic mass is 10.2. The Morgan fingerprint density at radius 3 is 2.91 bits per heavy atom. The van der Waals surface area contributed by atoms with Crippen LogP contribution in [0.1, 0.15) is 20.0 Å². The van der Waals surface area contributed by atoms with Crippen LogP contribution in [0.25, 0.3) is 10.2 Å². The fourth-order valence-electron chi connectivity index (χ4n) is 2.22. The van der Waals surface area contributed by atoms with E-state index in [4.69, 9.17) is 14.6 Å².